The fourth-order valence-electron chi connectivity index (χ4n) is 1.37. The molecule has 0 heterocycles. The van der Waals surface area contributed by atoms with Crippen LogP contribution >= 0.6 is 0 Å². The predicted molar refractivity (Wildman–Crippen MR) is 76.0 cm³/mol. The monoisotopic (exact) mass is 264 g/mol. The zero-order valence-corrected chi connectivity index (χ0v) is 11.4. The standard InChI is InChI=1S/C13H20N4O2/c1-8(2)15-13(19)17-11-7-5-4-6-10(11)16-12(18)9(3)14/h4-9H,14H2,1-3H3,(H,16,18)(H2,15,17,19)/t9-/m0/s1. The molecule has 0 fully saturated rings. The van der Waals surface area contributed by atoms with Crippen LogP contribution in [0.1, 0.15) is 20.8 Å². The highest BCUT2D eigenvalue weighted by molar-refractivity contribution is 6.00. The first-order chi connectivity index (χ1) is 8.90. The summed E-state index contributed by atoms with van der Waals surface area (Å²) in [5, 5.41) is 8.05. The van der Waals surface area contributed by atoms with Crippen LogP contribution in [0.4, 0.5) is 16.2 Å². The summed E-state index contributed by atoms with van der Waals surface area (Å²) in [6.45, 7) is 5.32. The number of nitrogens with two attached hydrogens (primary N) is 1. The van der Waals surface area contributed by atoms with Gasteiger partial charge in [0.15, 0.2) is 0 Å². The average molecular weight is 264 g/mol. The van der Waals surface area contributed by atoms with Gasteiger partial charge in [0.05, 0.1) is 17.4 Å². The summed E-state index contributed by atoms with van der Waals surface area (Å²) in [5.74, 6) is -0.307. The van der Waals surface area contributed by atoms with Crippen LogP contribution in [0.3, 0.4) is 0 Å². The van der Waals surface area contributed by atoms with E-state index in [1.165, 1.54) is 0 Å². The van der Waals surface area contributed by atoms with Gasteiger partial charge < -0.3 is 21.7 Å². The lowest BCUT2D eigenvalue weighted by Gasteiger charge is -2.15. The van der Waals surface area contributed by atoms with Crippen molar-refractivity contribution in [1.29, 1.82) is 0 Å². The Balaban J connectivity index is 2.78. The van der Waals surface area contributed by atoms with E-state index >= 15 is 0 Å². The maximum atomic E-state index is 11.6. The number of para-hydroxylation sites is 2. The molecule has 3 amide bonds. The van der Waals surface area contributed by atoms with Crippen molar-refractivity contribution in [2.24, 2.45) is 5.73 Å². The lowest BCUT2D eigenvalue weighted by molar-refractivity contribution is -0.117. The molecule has 0 unspecified atom stereocenters. The fourth-order valence-corrected chi connectivity index (χ4v) is 1.37. The Morgan fingerprint density at radius 2 is 1.58 bits per heavy atom. The molecule has 0 saturated carbocycles. The maximum Gasteiger partial charge on any atom is 0.319 e. The molecule has 1 aromatic rings. The van der Waals surface area contributed by atoms with Gasteiger partial charge in [-0.15, -0.1) is 0 Å². The Morgan fingerprint density at radius 3 is 2.05 bits per heavy atom. The van der Waals surface area contributed by atoms with Gasteiger partial charge in [-0.05, 0) is 32.9 Å². The average Bonchev–Trinajstić information content (AvgIpc) is 2.30. The van der Waals surface area contributed by atoms with Crippen LogP contribution in [0, 0.1) is 0 Å². The second-order valence-corrected chi connectivity index (χ2v) is 4.58. The second-order valence-electron chi connectivity index (χ2n) is 4.58. The number of carbonyl (C=O) groups is 2. The number of amides is 3. The molecule has 0 radical (unpaired) electrons. The SMILES string of the molecule is CC(C)NC(=O)Nc1ccccc1NC(=O)[C@H](C)N. The summed E-state index contributed by atoms with van der Waals surface area (Å²) in [6.07, 6.45) is 0. The number of rotatable bonds is 4. The molecular weight excluding hydrogens is 244 g/mol. The largest absolute Gasteiger partial charge is 0.336 e. The molecule has 1 atom stereocenters. The van der Waals surface area contributed by atoms with Crippen molar-refractivity contribution in [3.63, 3.8) is 0 Å². The third kappa shape index (κ3) is 4.97. The van der Waals surface area contributed by atoms with Gasteiger partial charge in [-0.25, -0.2) is 4.79 Å². The zero-order chi connectivity index (χ0) is 14.4. The van der Waals surface area contributed by atoms with Gasteiger partial charge in [0.25, 0.3) is 0 Å². The number of carbonyl (C=O) groups excluding carboxylic acids is 2. The first-order valence-corrected chi connectivity index (χ1v) is 6.13. The molecule has 1 rings (SSSR count). The van der Waals surface area contributed by atoms with Gasteiger partial charge >= 0.3 is 6.03 Å². The van der Waals surface area contributed by atoms with E-state index in [9.17, 15) is 9.59 Å². The van der Waals surface area contributed by atoms with E-state index in [4.69, 9.17) is 5.73 Å². The number of urea groups is 1. The summed E-state index contributed by atoms with van der Waals surface area (Å²) in [7, 11) is 0. The van der Waals surface area contributed by atoms with Crippen molar-refractivity contribution >= 4 is 23.3 Å². The van der Waals surface area contributed by atoms with E-state index in [1.807, 2.05) is 13.8 Å². The third-order valence-electron chi connectivity index (χ3n) is 2.27. The Morgan fingerprint density at radius 1 is 1.05 bits per heavy atom. The lowest BCUT2D eigenvalue weighted by Crippen LogP contribution is -2.35. The highest BCUT2D eigenvalue weighted by atomic mass is 16.2. The molecule has 0 saturated heterocycles. The Bertz CT molecular complexity index is 458. The van der Waals surface area contributed by atoms with Gasteiger partial charge in [0.1, 0.15) is 0 Å². The fraction of sp³-hybridized carbons (Fsp3) is 0.385. The first kappa shape index (κ1) is 15.0. The molecule has 0 aliphatic rings. The molecule has 19 heavy (non-hydrogen) atoms. The topological polar surface area (TPSA) is 96.2 Å². The molecule has 6 heteroatoms. The normalized spacial score (nSPS) is 11.8. The van der Waals surface area contributed by atoms with E-state index in [2.05, 4.69) is 16.0 Å². The van der Waals surface area contributed by atoms with Crippen LogP contribution in [0.25, 0.3) is 0 Å². The first-order valence-electron chi connectivity index (χ1n) is 6.13. The number of nitrogens with one attached hydrogen (secondary N) is 3. The van der Waals surface area contributed by atoms with Crippen LogP contribution in [-0.2, 0) is 4.79 Å². The summed E-state index contributed by atoms with van der Waals surface area (Å²) in [5.41, 5.74) is 6.53. The predicted octanol–water partition coefficient (Wildman–Crippen LogP) is 1.50. The van der Waals surface area contributed by atoms with Crippen LogP contribution in [-0.4, -0.2) is 24.0 Å². The van der Waals surface area contributed by atoms with Gasteiger partial charge in [-0.3, -0.25) is 4.79 Å². The summed E-state index contributed by atoms with van der Waals surface area (Å²) >= 11 is 0. The molecule has 0 aliphatic carbocycles. The highest BCUT2D eigenvalue weighted by Gasteiger charge is 2.11. The summed E-state index contributed by atoms with van der Waals surface area (Å²) < 4.78 is 0. The summed E-state index contributed by atoms with van der Waals surface area (Å²) in [4.78, 5) is 23.2. The minimum atomic E-state index is -0.613. The molecule has 0 bridgehead atoms. The minimum absolute atomic E-state index is 0.0332. The van der Waals surface area contributed by atoms with Gasteiger partial charge in [0, 0.05) is 6.04 Å². The molecule has 104 valence electrons. The van der Waals surface area contributed by atoms with E-state index in [0.717, 1.165) is 0 Å². The van der Waals surface area contributed by atoms with E-state index in [1.54, 1.807) is 31.2 Å². The summed E-state index contributed by atoms with van der Waals surface area (Å²) in [6, 6.07) is 6.04. The number of anilines is 2. The zero-order valence-electron chi connectivity index (χ0n) is 11.4. The molecule has 5 N–H and O–H groups in total. The van der Waals surface area contributed by atoms with Crippen molar-refractivity contribution in [1.82, 2.24) is 5.32 Å². The van der Waals surface area contributed by atoms with Gasteiger partial charge in [-0.2, -0.15) is 0 Å². The maximum absolute atomic E-state index is 11.6. The smallest absolute Gasteiger partial charge is 0.319 e. The van der Waals surface area contributed by atoms with Crippen molar-refractivity contribution < 1.29 is 9.59 Å². The molecule has 0 aromatic heterocycles. The molecular formula is C13H20N4O2. The number of hydrogen-bond acceptors (Lipinski definition) is 3. The van der Waals surface area contributed by atoms with Crippen LogP contribution in [0.5, 0.6) is 0 Å². The van der Waals surface area contributed by atoms with Crippen molar-refractivity contribution in [2.75, 3.05) is 10.6 Å². The molecule has 6 nitrogen and oxygen atoms in total. The number of hydrogen-bond donors (Lipinski definition) is 4. The molecule has 0 spiro atoms. The van der Waals surface area contributed by atoms with Crippen molar-refractivity contribution in [3.05, 3.63) is 24.3 Å². The minimum Gasteiger partial charge on any atom is -0.336 e. The molecule has 1 aromatic carbocycles. The van der Waals surface area contributed by atoms with Crippen LogP contribution in [0.15, 0.2) is 24.3 Å². The van der Waals surface area contributed by atoms with Gasteiger partial charge in [-0.1, -0.05) is 12.1 Å². The highest BCUT2D eigenvalue weighted by Crippen LogP contribution is 2.20. The van der Waals surface area contributed by atoms with Crippen molar-refractivity contribution in [3.8, 4) is 0 Å². The van der Waals surface area contributed by atoms with Crippen LogP contribution in [0.2, 0.25) is 0 Å². The Labute approximate surface area is 112 Å². The van der Waals surface area contributed by atoms with E-state index in [0.29, 0.717) is 11.4 Å². The van der Waals surface area contributed by atoms with Crippen LogP contribution < -0.4 is 21.7 Å². The molecule has 0 aliphatic heterocycles. The van der Waals surface area contributed by atoms with E-state index in [-0.39, 0.29) is 18.0 Å². The quantitative estimate of drug-likeness (QED) is 0.663. The Hall–Kier alpha value is -2.08. The Kier molecular flexibility index (Phi) is 5.32. The van der Waals surface area contributed by atoms with E-state index < -0.39 is 6.04 Å². The second kappa shape index (κ2) is 6.75. The number of benzene rings is 1. The third-order valence-corrected chi connectivity index (χ3v) is 2.27. The lowest BCUT2D eigenvalue weighted by atomic mass is 10.2. The van der Waals surface area contributed by atoms with Gasteiger partial charge in [0.2, 0.25) is 5.91 Å². The van der Waals surface area contributed by atoms with Crippen molar-refractivity contribution in [2.45, 2.75) is 32.9 Å².